The maximum Gasteiger partial charge on any atom is 0.0229 e. The second-order valence-electron chi connectivity index (χ2n) is 5.65. The zero-order chi connectivity index (χ0) is 12.1. The van der Waals surface area contributed by atoms with E-state index in [1.165, 1.54) is 25.9 Å². The van der Waals surface area contributed by atoms with Crippen molar-refractivity contribution in [1.82, 2.24) is 15.1 Å². The first-order chi connectivity index (χ1) is 7.50. The minimum Gasteiger partial charge on any atom is -0.314 e. The zero-order valence-corrected chi connectivity index (χ0v) is 11.7. The Morgan fingerprint density at radius 1 is 1.31 bits per heavy atom. The minimum atomic E-state index is 0.611. The number of likely N-dealkylation sites (tertiary alicyclic amines) is 1. The molecule has 0 aromatic rings. The third kappa shape index (κ3) is 4.40. The highest BCUT2D eigenvalue weighted by molar-refractivity contribution is 4.83. The summed E-state index contributed by atoms with van der Waals surface area (Å²) in [6.45, 7) is 10.4. The molecule has 1 fully saturated rings. The van der Waals surface area contributed by atoms with Crippen molar-refractivity contribution >= 4 is 0 Å². The maximum absolute atomic E-state index is 3.50. The molecule has 2 unspecified atom stereocenters. The molecule has 0 spiro atoms. The number of nitrogens with zero attached hydrogens (tertiary/aromatic N) is 2. The summed E-state index contributed by atoms with van der Waals surface area (Å²) in [5, 5.41) is 3.50. The molecule has 3 nitrogen and oxygen atoms in total. The molecule has 0 saturated carbocycles. The molecule has 1 aliphatic rings. The average molecular weight is 227 g/mol. The Balaban J connectivity index is 2.20. The Morgan fingerprint density at radius 2 is 2.00 bits per heavy atom. The number of nitrogens with one attached hydrogen (secondary N) is 1. The van der Waals surface area contributed by atoms with E-state index in [0.717, 1.165) is 18.6 Å². The second kappa shape index (κ2) is 6.58. The van der Waals surface area contributed by atoms with Crippen molar-refractivity contribution < 1.29 is 0 Å². The number of rotatable bonds is 6. The number of likely N-dealkylation sites (N-methyl/N-ethyl adjacent to an activating group) is 1. The molecule has 1 saturated heterocycles. The summed E-state index contributed by atoms with van der Waals surface area (Å²) >= 11 is 0. The van der Waals surface area contributed by atoms with Crippen molar-refractivity contribution in [3.8, 4) is 0 Å². The quantitative estimate of drug-likeness (QED) is 0.740. The van der Waals surface area contributed by atoms with Gasteiger partial charge in [-0.25, -0.2) is 0 Å². The Labute approximate surface area is 101 Å². The maximum atomic E-state index is 3.50. The zero-order valence-electron chi connectivity index (χ0n) is 11.7. The summed E-state index contributed by atoms with van der Waals surface area (Å²) < 4.78 is 0. The molecule has 0 bridgehead atoms. The second-order valence-corrected chi connectivity index (χ2v) is 5.65. The van der Waals surface area contributed by atoms with Gasteiger partial charge in [0.15, 0.2) is 0 Å². The first-order valence-corrected chi connectivity index (χ1v) is 6.64. The van der Waals surface area contributed by atoms with Crippen LogP contribution in [0.1, 0.15) is 33.6 Å². The lowest BCUT2D eigenvalue weighted by molar-refractivity contribution is 0.216. The van der Waals surface area contributed by atoms with E-state index in [-0.39, 0.29) is 0 Å². The highest BCUT2D eigenvalue weighted by Crippen LogP contribution is 2.17. The molecule has 0 amide bonds. The van der Waals surface area contributed by atoms with Gasteiger partial charge >= 0.3 is 0 Å². The van der Waals surface area contributed by atoms with Crippen LogP contribution in [0.4, 0.5) is 0 Å². The van der Waals surface area contributed by atoms with Gasteiger partial charge in [0.2, 0.25) is 0 Å². The van der Waals surface area contributed by atoms with Gasteiger partial charge in [-0.15, -0.1) is 0 Å². The molecule has 16 heavy (non-hydrogen) atoms. The van der Waals surface area contributed by atoms with Gasteiger partial charge in [0.25, 0.3) is 0 Å². The van der Waals surface area contributed by atoms with E-state index in [1.807, 2.05) is 0 Å². The van der Waals surface area contributed by atoms with E-state index < -0.39 is 0 Å². The molecule has 2 atom stereocenters. The molecule has 3 heteroatoms. The fourth-order valence-corrected chi connectivity index (χ4v) is 2.35. The number of hydrogen-bond donors (Lipinski definition) is 1. The van der Waals surface area contributed by atoms with Crippen LogP contribution in [0.15, 0.2) is 0 Å². The van der Waals surface area contributed by atoms with Crippen LogP contribution in [-0.4, -0.2) is 61.7 Å². The first kappa shape index (κ1) is 13.9. The van der Waals surface area contributed by atoms with Gasteiger partial charge in [-0.3, -0.25) is 4.90 Å². The summed E-state index contributed by atoms with van der Waals surface area (Å²) in [6.07, 6.45) is 2.59. The van der Waals surface area contributed by atoms with Gasteiger partial charge in [-0.2, -0.15) is 0 Å². The third-order valence-corrected chi connectivity index (χ3v) is 3.66. The minimum absolute atomic E-state index is 0.611. The van der Waals surface area contributed by atoms with Gasteiger partial charge in [-0.05, 0) is 40.4 Å². The third-order valence-electron chi connectivity index (χ3n) is 3.66. The van der Waals surface area contributed by atoms with Crippen molar-refractivity contribution in [1.29, 1.82) is 0 Å². The molecule has 0 aromatic carbocycles. The molecular formula is C13H29N3. The van der Waals surface area contributed by atoms with Crippen molar-refractivity contribution in [3.63, 3.8) is 0 Å². The highest BCUT2D eigenvalue weighted by Gasteiger charge is 2.26. The van der Waals surface area contributed by atoms with Crippen LogP contribution in [0.5, 0.6) is 0 Å². The SMILES string of the molecule is CC(C)NCCC(C)N1CCC(N(C)C)C1. The fourth-order valence-electron chi connectivity index (χ4n) is 2.35. The fraction of sp³-hybridized carbons (Fsp3) is 1.00. The highest BCUT2D eigenvalue weighted by atomic mass is 15.2. The summed E-state index contributed by atoms with van der Waals surface area (Å²) in [5.74, 6) is 0. The van der Waals surface area contributed by atoms with Gasteiger partial charge in [0, 0.05) is 31.2 Å². The summed E-state index contributed by atoms with van der Waals surface area (Å²) in [6, 6.07) is 2.09. The normalized spacial score (nSPS) is 24.6. The molecule has 0 aliphatic carbocycles. The summed E-state index contributed by atoms with van der Waals surface area (Å²) in [5.41, 5.74) is 0. The van der Waals surface area contributed by atoms with Crippen molar-refractivity contribution in [3.05, 3.63) is 0 Å². The lowest BCUT2D eigenvalue weighted by Gasteiger charge is -2.26. The molecule has 1 aliphatic heterocycles. The largest absolute Gasteiger partial charge is 0.314 e. The molecule has 0 radical (unpaired) electrons. The van der Waals surface area contributed by atoms with E-state index in [1.54, 1.807) is 0 Å². The van der Waals surface area contributed by atoms with E-state index >= 15 is 0 Å². The van der Waals surface area contributed by atoms with Crippen LogP contribution in [0.3, 0.4) is 0 Å². The Morgan fingerprint density at radius 3 is 2.50 bits per heavy atom. The van der Waals surface area contributed by atoms with Crippen molar-refractivity contribution in [2.24, 2.45) is 0 Å². The molecule has 0 aromatic heterocycles. The van der Waals surface area contributed by atoms with Gasteiger partial charge in [0.05, 0.1) is 0 Å². The monoisotopic (exact) mass is 227 g/mol. The van der Waals surface area contributed by atoms with E-state index in [0.29, 0.717) is 6.04 Å². The van der Waals surface area contributed by atoms with Gasteiger partial charge in [-0.1, -0.05) is 13.8 Å². The molecule has 96 valence electrons. The molecule has 1 heterocycles. The smallest absolute Gasteiger partial charge is 0.0229 e. The number of hydrogen-bond acceptors (Lipinski definition) is 3. The van der Waals surface area contributed by atoms with Crippen LogP contribution in [-0.2, 0) is 0 Å². The summed E-state index contributed by atoms with van der Waals surface area (Å²) in [7, 11) is 4.39. The lowest BCUT2D eigenvalue weighted by Crippen LogP contribution is -2.37. The van der Waals surface area contributed by atoms with Crippen LogP contribution in [0.25, 0.3) is 0 Å². The molecule has 1 rings (SSSR count). The van der Waals surface area contributed by atoms with E-state index in [4.69, 9.17) is 0 Å². The van der Waals surface area contributed by atoms with Crippen LogP contribution in [0.2, 0.25) is 0 Å². The van der Waals surface area contributed by atoms with Crippen LogP contribution in [0, 0.1) is 0 Å². The lowest BCUT2D eigenvalue weighted by atomic mass is 10.2. The first-order valence-electron chi connectivity index (χ1n) is 6.64. The van der Waals surface area contributed by atoms with Gasteiger partial charge < -0.3 is 10.2 Å². The van der Waals surface area contributed by atoms with Crippen molar-refractivity contribution in [2.45, 2.75) is 51.7 Å². The summed E-state index contributed by atoms with van der Waals surface area (Å²) in [4.78, 5) is 4.99. The molecule has 1 N–H and O–H groups in total. The average Bonchev–Trinajstić information content (AvgIpc) is 2.65. The Kier molecular flexibility index (Phi) is 5.73. The topological polar surface area (TPSA) is 18.5 Å². The predicted molar refractivity (Wildman–Crippen MR) is 70.9 cm³/mol. The Hall–Kier alpha value is -0.120. The van der Waals surface area contributed by atoms with E-state index in [2.05, 4.69) is 50.0 Å². The Bertz CT molecular complexity index is 192. The molecular weight excluding hydrogens is 198 g/mol. The van der Waals surface area contributed by atoms with Gasteiger partial charge in [0.1, 0.15) is 0 Å². The van der Waals surface area contributed by atoms with Crippen LogP contribution >= 0.6 is 0 Å². The van der Waals surface area contributed by atoms with E-state index in [9.17, 15) is 0 Å². The van der Waals surface area contributed by atoms with Crippen LogP contribution < -0.4 is 5.32 Å². The van der Waals surface area contributed by atoms with Crippen molar-refractivity contribution in [2.75, 3.05) is 33.7 Å². The predicted octanol–water partition coefficient (Wildman–Crippen LogP) is 1.40. The standard InChI is InChI=1S/C13H29N3/c1-11(2)14-8-6-12(3)16-9-7-13(10-16)15(4)5/h11-14H,6-10H2,1-5H3.